The van der Waals surface area contributed by atoms with Crippen LogP contribution in [0, 0.1) is 12.7 Å². The number of carboxylic acid groups (broad SMARTS) is 1. The predicted molar refractivity (Wildman–Crippen MR) is 136 cm³/mol. The lowest BCUT2D eigenvalue weighted by molar-refractivity contribution is 0.0504. The fourth-order valence-electron chi connectivity index (χ4n) is 5.23. The predicted octanol–water partition coefficient (Wildman–Crippen LogP) is 5.50. The number of ether oxygens (including phenoxy) is 1. The molecule has 2 aliphatic rings. The van der Waals surface area contributed by atoms with Gasteiger partial charge >= 0.3 is 12.1 Å². The number of nitrogens with one attached hydrogen (secondary N) is 1. The third-order valence-corrected chi connectivity index (χ3v) is 7.21. The highest BCUT2D eigenvalue weighted by Gasteiger charge is 2.44. The molecule has 0 radical (unpaired) electrons. The summed E-state index contributed by atoms with van der Waals surface area (Å²) in [7, 11) is 1.70. The molecule has 1 aromatic heterocycles. The van der Waals surface area contributed by atoms with Crippen molar-refractivity contribution in [2.24, 2.45) is 0 Å². The molecule has 2 N–H and O–H groups in total. The van der Waals surface area contributed by atoms with E-state index in [1.807, 2.05) is 6.08 Å². The number of rotatable bonds is 5. The van der Waals surface area contributed by atoms with Crippen molar-refractivity contribution in [3.63, 3.8) is 0 Å². The molecule has 0 bridgehead atoms. The molecule has 1 saturated heterocycles. The molecule has 2 atom stereocenters. The Labute approximate surface area is 212 Å². The van der Waals surface area contributed by atoms with Gasteiger partial charge in [0.1, 0.15) is 22.8 Å². The topological polar surface area (TPSA) is 109 Å². The maximum absolute atomic E-state index is 14.6. The van der Waals surface area contributed by atoms with E-state index in [2.05, 4.69) is 5.32 Å². The second kappa shape index (κ2) is 9.06. The molecule has 9 heteroatoms. The van der Waals surface area contributed by atoms with Gasteiger partial charge in [0, 0.05) is 30.3 Å². The van der Waals surface area contributed by atoms with Crippen LogP contribution >= 0.6 is 0 Å². The molecule has 1 fully saturated rings. The first-order valence-electron chi connectivity index (χ1n) is 12.1. The third-order valence-electron chi connectivity index (χ3n) is 7.21. The smallest absolute Gasteiger partial charge is 0.410 e. The van der Waals surface area contributed by atoms with Crippen LogP contribution in [0.4, 0.5) is 14.9 Å². The maximum Gasteiger partial charge on any atom is 0.410 e. The largest absolute Gasteiger partial charge is 0.478 e. The summed E-state index contributed by atoms with van der Waals surface area (Å²) in [5.41, 5.74) is 1.39. The molecule has 1 amide bonds. The van der Waals surface area contributed by atoms with Gasteiger partial charge in [0.2, 0.25) is 0 Å². The Morgan fingerprint density at radius 3 is 2.65 bits per heavy atom. The molecular weight excluding hydrogens is 479 g/mol. The normalized spacial score (nSPS) is 20.2. The molecule has 192 valence electrons. The van der Waals surface area contributed by atoms with Crippen LogP contribution in [0.5, 0.6) is 0 Å². The number of fused-ring (bicyclic) bond motifs is 1. The fourth-order valence-corrected chi connectivity index (χ4v) is 5.23. The zero-order valence-electron chi connectivity index (χ0n) is 20.8. The molecule has 3 aromatic rings. The number of carbonyl (C=O) groups is 2. The number of anilines is 1. The number of halogens is 1. The number of hydrogen-bond acceptors (Lipinski definition) is 6. The summed E-state index contributed by atoms with van der Waals surface area (Å²) in [6.45, 7) is 3.91. The highest BCUT2D eigenvalue weighted by atomic mass is 19.1. The van der Waals surface area contributed by atoms with Crippen LogP contribution in [0.15, 0.2) is 51.7 Å². The minimum atomic E-state index is -1.09. The Morgan fingerprint density at radius 2 is 2.00 bits per heavy atom. The number of para-hydroxylation sites is 1. The summed E-state index contributed by atoms with van der Waals surface area (Å²) >= 11 is 0. The van der Waals surface area contributed by atoms with Crippen molar-refractivity contribution in [3.05, 3.63) is 81.0 Å². The van der Waals surface area contributed by atoms with Gasteiger partial charge in [0.15, 0.2) is 5.43 Å². The molecule has 2 heterocycles. The number of likely N-dealkylation sites (N-methyl/N-ethyl adjacent to an activating group) is 1. The van der Waals surface area contributed by atoms with Gasteiger partial charge in [0.05, 0.1) is 23.5 Å². The first-order valence-corrected chi connectivity index (χ1v) is 12.1. The standard InChI is InChI=1S/C28H27FN2O6/c1-15-23(32)21-13-18(29)12-20(16(2)30-22-7-5-4-6-19(22)26(33)34)25(21)36-24(15)17-8-10-28(11-9-17)14-31(3)27(35)37-28/h4-8,12-13,16,30H,9-11,14H2,1-3H3,(H,33,34)/t16-,28?/m1/s1. The maximum atomic E-state index is 14.6. The van der Waals surface area contributed by atoms with E-state index in [0.717, 1.165) is 11.6 Å². The number of carbonyl (C=O) groups excluding carboxylic acids is 1. The van der Waals surface area contributed by atoms with Crippen molar-refractivity contribution >= 4 is 34.3 Å². The summed E-state index contributed by atoms with van der Waals surface area (Å²) in [6.07, 6.45) is 3.24. The summed E-state index contributed by atoms with van der Waals surface area (Å²) in [4.78, 5) is 38.4. The first kappa shape index (κ1) is 24.5. The lowest BCUT2D eigenvalue weighted by Gasteiger charge is -2.30. The monoisotopic (exact) mass is 506 g/mol. The zero-order valence-corrected chi connectivity index (χ0v) is 20.8. The summed E-state index contributed by atoms with van der Waals surface area (Å²) in [5, 5.41) is 12.8. The van der Waals surface area contributed by atoms with Crippen LogP contribution < -0.4 is 10.7 Å². The van der Waals surface area contributed by atoms with Crippen molar-refractivity contribution in [2.45, 2.75) is 44.8 Å². The Kier molecular flexibility index (Phi) is 6.01. The Hall–Kier alpha value is -4.14. The van der Waals surface area contributed by atoms with Gasteiger partial charge in [-0.1, -0.05) is 18.2 Å². The van der Waals surface area contributed by atoms with Crippen molar-refractivity contribution in [1.29, 1.82) is 0 Å². The third kappa shape index (κ3) is 4.34. The van der Waals surface area contributed by atoms with Crippen LogP contribution in [0.25, 0.3) is 16.5 Å². The van der Waals surface area contributed by atoms with Crippen LogP contribution in [0.3, 0.4) is 0 Å². The van der Waals surface area contributed by atoms with Crippen LogP contribution in [0.1, 0.15) is 59.5 Å². The van der Waals surface area contributed by atoms with Crippen LogP contribution in [-0.4, -0.2) is 41.3 Å². The SMILES string of the molecule is Cc1c(C2=CCC3(CC2)CN(C)C(=O)O3)oc2c([C@@H](C)Nc3ccccc3C(=O)O)cc(F)cc2c1=O. The molecule has 1 spiro atoms. The number of hydrogen-bond donors (Lipinski definition) is 2. The van der Waals surface area contributed by atoms with Crippen molar-refractivity contribution in [1.82, 2.24) is 4.90 Å². The minimum Gasteiger partial charge on any atom is -0.478 e. The number of amides is 1. The van der Waals surface area contributed by atoms with E-state index in [0.29, 0.717) is 48.4 Å². The summed E-state index contributed by atoms with van der Waals surface area (Å²) < 4.78 is 26.6. The zero-order chi connectivity index (χ0) is 26.5. The van der Waals surface area contributed by atoms with E-state index in [-0.39, 0.29) is 28.1 Å². The highest BCUT2D eigenvalue weighted by molar-refractivity contribution is 5.94. The fraction of sp³-hybridized carbons (Fsp3) is 0.321. The molecule has 5 rings (SSSR count). The van der Waals surface area contributed by atoms with Gasteiger partial charge in [0.25, 0.3) is 0 Å². The molecule has 37 heavy (non-hydrogen) atoms. The van der Waals surface area contributed by atoms with Gasteiger partial charge in [-0.3, -0.25) is 4.79 Å². The minimum absolute atomic E-state index is 0.0765. The second-order valence-electron chi connectivity index (χ2n) is 9.81. The van der Waals surface area contributed by atoms with Crippen molar-refractivity contribution in [2.75, 3.05) is 18.9 Å². The average Bonchev–Trinajstić information content (AvgIpc) is 3.14. The van der Waals surface area contributed by atoms with E-state index >= 15 is 0 Å². The summed E-state index contributed by atoms with van der Waals surface area (Å²) in [6, 6.07) is 8.31. The van der Waals surface area contributed by atoms with E-state index in [9.17, 15) is 23.9 Å². The molecule has 1 aliphatic carbocycles. The van der Waals surface area contributed by atoms with Gasteiger partial charge in [-0.25, -0.2) is 14.0 Å². The number of allylic oxidation sites excluding steroid dienone is 1. The molecular formula is C28H27FN2O6. The van der Waals surface area contributed by atoms with E-state index in [4.69, 9.17) is 9.15 Å². The molecule has 1 aliphatic heterocycles. The van der Waals surface area contributed by atoms with Crippen LogP contribution in [-0.2, 0) is 4.74 Å². The van der Waals surface area contributed by atoms with Crippen LogP contribution in [0.2, 0.25) is 0 Å². The number of aromatic carboxylic acids is 1. The molecule has 0 saturated carbocycles. The van der Waals surface area contributed by atoms with Gasteiger partial charge < -0.3 is 24.5 Å². The molecule has 8 nitrogen and oxygen atoms in total. The lowest BCUT2D eigenvalue weighted by Crippen LogP contribution is -2.35. The molecule has 2 aromatic carbocycles. The highest BCUT2D eigenvalue weighted by Crippen LogP contribution is 2.40. The number of carboxylic acids is 1. The van der Waals surface area contributed by atoms with E-state index in [1.165, 1.54) is 12.1 Å². The molecule has 1 unspecified atom stereocenters. The lowest BCUT2D eigenvalue weighted by atomic mass is 9.84. The number of benzene rings is 2. The van der Waals surface area contributed by atoms with Crippen molar-refractivity contribution < 1.29 is 28.2 Å². The summed E-state index contributed by atoms with van der Waals surface area (Å²) in [5.74, 6) is -1.26. The quantitative estimate of drug-likeness (QED) is 0.470. The van der Waals surface area contributed by atoms with Crippen molar-refractivity contribution in [3.8, 4) is 0 Å². The second-order valence-corrected chi connectivity index (χ2v) is 9.81. The van der Waals surface area contributed by atoms with Gasteiger partial charge in [-0.15, -0.1) is 0 Å². The number of nitrogens with zero attached hydrogens (tertiary/aromatic N) is 1. The van der Waals surface area contributed by atoms with E-state index in [1.54, 1.807) is 44.0 Å². The Bertz CT molecular complexity index is 1530. The van der Waals surface area contributed by atoms with Gasteiger partial charge in [-0.05, 0) is 56.5 Å². The van der Waals surface area contributed by atoms with Gasteiger partial charge in [-0.2, -0.15) is 0 Å². The Morgan fingerprint density at radius 1 is 1.24 bits per heavy atom. The van der Waals surface area contributed by atoms with E-state index < -0.39 is 23.4 Å². The average molecular weight is 507 g/mol. The Balaban J connectivity index is 1.56. The first-order chi connectivity index (χ1) is 17.6.